The average Bonchev–Trinajstić information content (AvgIpc) is 3.14. The summed E-state index contributed by atoms with van der Waals surface area (Å²) in [7, 11) is -3.29. The Labute approximate surface area is 163 Å². The number of halogens is 2. The van der Waals surface area contributed by atoms with Crippen LogP contribution in [0.4, 0.5) is 0 Å². The highest BCUT2D eigenvalue weighted by molar-refractivity contribution is 14.0. The molecule has 1 aliphatic rings. The molecule has 0 aliphatic heterocycles. The number of guanidine groups is 1. The lowest BCUT2D eigenvalue weighted by molar-refractivity contribution is 0.596. The molecule has 130 valence electrons. The van der Waals surface area contributed by atoms with Crippen molar-refractivity contribution in [3.63, 3.8) is 0 Å². The Morgan fingerprint density at radius 2 is 1.96 bits per heavy atom. The van der Waals surface area contributed by atoms with Crippen LogP contribution in [0.25, 0.3) is 0 Å². The van der Waals surface area contributed by atoms with Gasteiger partial charge in [-0.25, -0.2) is 8.42 Å². The molecular weight excluding hydrogens is 493 g/mol. The molecule has 1 saturated carbocycles. The van der Waals surface area contributed by atoms with Crippen LogP contribution in [0.15, 0.2) is 38.6 Å². The van der Waals surface area contributed by atoms with Crippen LogP contribution >= 0.6 is 39.9 Å². The third kappa shape index (κ3) is 6.58. The van der Waals surface area contributed by atoms with Gasteiger partial charge in [-0.05, 0) is 43.5 Å². The lowest BCUT2D eigenvalue weighted by Gasteiger charge is -2.10. The van der Waals surface area contributed by atoms with Crippen molar-refractivity contribution in [1.82, 2.24) is 10.6 Å². The summed E-state index contributed by atoms with van der Waals surface area (Å²) in [5.74, 6) is 1.36. The SMILES string of the molecule is CCNC(=NCCS(=O)(=O)c1ccc(Br)cc1)NC1CC1C.I. The number of nitrogens with one attached hydrogen (secondary N) is 2. The molecule has 2 unspecified atom stereocenters. The molecule has 2 N–H and O–H groups in total. The van der Waals surface area contributed by atoms with E-state index in [1.165, 1.54) is 0 Å². The number of sulfone groups is 1. The van der Waals surface area contributed by atoms with Crippen LogP contribution in [0.5, 0.6) is 0 Å². The number of aliphatic imine (C=N–C) groups is 1. The lowest BCUT2D eigenvalue weighted by atomic mass is 10.4. The largest absolute Gasteiger partial charge is 0.357 e. The van der Waals surface area contributed by atoms with Gasteiger partial charge in [-0.2, -0.15) is 0 Å². The van der Waals surface area contributed by atoms with Crippen LogP contribution in [-0.2, 0) is 9.84 Å². The number of benzene rings is 1. The molecule has 0 bridgehead atoms. The Bertz CT molecular complexity index is 635. The summed E-state index contributed by atoms with van der Waals surface area (Å²) in [5.41, 5.74) is 0. The second-order valence-corrected chi connectivity index (χ2v) is 8.52. The molecule has 2 rings (SSSR count). The smallest absolute Gasteiger partial charge is 0.191 e. The fourth-order valence-corrected chi connectivity index (χ4v) is 3.44. The van der Waals surface area contributed by atoms with Gasteiger partial charge in [0.15, 0.2) is 15.8 Å². The van der Waals surface area contributed by atoms with Crippen molar-refractivity contribution in [3.05, 3.63) is 28.7 Å². The lowest BCUT2D eigenvalue weighted by Crippen LogP contribution is -2.39. The third-order valence-electron chi connectivity index (χ3n) is 3.58. The second-order valence-electron chi connectivity index (χ2n) is 5.50. The van der Waals surface area contributed by atoms with E-state index in [0.717, 1.165) is 17.4 Å². The Morgan fingerprint density at radius 3 is 2.48 bits per heavy atom. The van der Waals surface area contributed by atoms with Crippen molar-refractivity contribution < 1.29 is 8.42 Å². The minimum absolute atomic E-state index is 0. The van der Waals surface area contributed by atoms with E-state index in [9.17, 15) is 8.42 Å². The molecule has 0 saturated heterocycles. The van der Waals surface area contributed by atoms with Gasteiger partial charge in [-0.15, -0.1) is 24.0 Å². The third-order valence-corrected chi connectivity index (χ3v) is 5.82. The Balaban J connectivity index is 0.00000264. The highest BCUT2D eigenvalue weighted by Gasteiger charge is 2.33. The standard InChI is InChI=1S/C15H22BrN3O2S.HI/c1-3-17-15(19-14-10-11(14)2)18-8-9-22(20,21)13-6-4-12(16)5-7-13;/h4-7,11,14H,3,8-10H2,1-2H3,(H2,17,18,19);1H. The van der Waals surface area contributed by atoms with Crippen molar-refractivity contribution in [2.24, 2.45) is 10.9 Å². The molecule has 0 radical (unpaired) electrons. The summed E-state index contributed by atoms with van der Waals surface area (Å²) >= 11 is 3.30. The zero-order valence-corrected chi connectivity index (χ0v) is 18.0. The van der Waals surface area contributed by atoms with E-state index < -0.39 is 9.84 Å². The van der Waals surface area contributed by atoms with Gasteiger partial charge in [0, 0.05) is 17.1 Å². The van der Waals surface area contributed by atoms with Crippen molar-refractivity contribution in [1.29, 1.82) is 0 Å². The van der Waals surface area contributed by atoms with Crippen molar-refractivity contribution in [2.45, 2.75) is 31.2 Å². The summed E-state index contributed by atoms with van der Waals surface area (Å²) in [4.78, 5) is 4.70. The molecule has 1 fully saturated rings. The van der Waals surface area contributed by atoms with Crippen LogP contribution in [0.2, 0.25) is 0 Å². The quantitative estimate of drug-likeness (QED) is 0.347. The zero-order chi connectivity index (χ0) is 16.2. The van der Waals surface area contributed by atoms with Crippen LogP contribution in [0.1, 0.15) is 20.3 Å². The van der Waals surface area contributed by atoms with E-state index in [2.05, 4.69) is 38.5 Å². The van der Waals surface area contributed by atoms with Crippen LogP contribution < -0.4 is 10.6 Å². The maximum atomic E-state index is 12.2. The van der Waals surface area contributed by atoms with Gasteiger partial charge in [-0.3, -0.25) is 4.99 Å². The van der Waals surface area contributed by atoms with Crippen LogP contribution in [0, 0.1) is 5.92 Å². The monoisotopic (exact) mass is 515 g/mol. The molecule has 1 aliphatic carbocycles. The first kappa shape index (κ1) is 20.7. The maximum absolute atomic E-state index is 12.2. The molecular formula is C15H23BrIN3O2S. The summed E-state index contributed by atoms with van der Waals surface area (Å²) in [6.45, 7) is 5.17. The number of nitrogens with zero attached hydrogens (tertiary/aromatic N) is 1. The summed E-state index contributed by atoms with van der Waals surface area (Å²) in [6, 6.07) is 7.14. The number of rotatable bonds is 6. The Kier molecular flexibility index (Phi) is 8.29. The predicted molar refractivity (Wildman–Crippen MR) is 108 cm³/mol. The molecule has 1 aromatic carbocycles. The molecule has 8 heteroatoms. The molecule has 1 aromatic rings. The fourth-order valence-electron chi connectivity index (χ4n) is 2.06. The molecule has 0 amide bonds. The van der Waals surface area contributed by atoms with Gasteiger partial charge in [0.25, 0.3) is 0 Å². The minimum Gasteiger partial charge on any atom is -0.357 e. The predicted octanol–water partition coefficient (Wildman–Crippen LogP) is 2.80. The molecule has 0 aromatic heterocycles. The molecule has 23 heavy (non-hydrogen) atoms. The second kappa shape index (κ2) is 9.22. The molecule has 0 heterocycles. The molecule has 0 spiro atoms. The zero-order valence-electron chi connectivity index (χ0n) is 13.3. The van der Waals surface area contributed by atoms with Gasteiger partial charge in [0.2, 0.25) is 0 Å². The van der Waals surface area contributed by atoms with E-state index in [1.54, 1.807) is 24.3 Å². The van der Waals surface area contributed by atoms with E-state index in [0.29, 0.717) is 22.8 Å². The Hall–Kier alpha value is -0.350. The normalized spacial score (nSPS) is 20.6. The van der Waals surface area contributed by atoms with E-state index in [1.807, 2.05) is 6.92 Å². The highest BCUT2D eigenvalue weighted by Crippen LogP contribution is 2.28. The van der Waals surface area contributed by atoms with E-state index >= 15 is 0 Å². The summed E-state index contributed by atoms with van der Waals surface area (Å²) in [6.07, 6.45) is 1.14. The first-order valence-corrected chi connectivity index (χ1v) is 9.90. The van der Waals surface area contributed by atoms with Crippen molar-refractivity contribution in [3.8, 4) is 0 Å². The fraction of sp³-hybridized carbons (Fsp3) is 0.533. The van der Waals surface area contributed by atoms with Crippen LogP contribution in [-0.4, -0.2) is 39.3 Å². The molecule has 5 nitrogen and oxygen atoms in total. The minimum atomic E-state index is -3.29. The van der Waals surface area contributed by atoms with Gasteiger partial charge in [0.1, 0.15) is 0 Å². The van der Waals surface area contributed by atoms with Gasteiger partial charge < -0.3 is 10.6 Å². The summed E-state index contributed by atoms with van der Waals surface area (Å²) in [5, 5.41) is 6.46. The topological polar surface area (TPSA) is 70.6 Å². The number of hydrogen-bond donors (Lipinski definition) is 2. The maximum Gasteiger partial charge on any atom is 0.191 e. The summed E-state index contributed by atoms with van der Waals surface area (Å²) < 4.78 is 25.4. The van der Waals surface area contributed by atoms with E-state index in [4.69, 9.17) is 0 Å². The first-order chi connectivity index (χ1) is 10.4. The van der Waals surface area contributed by atoms with Gasteiger partial charge >= 0.3 is 0 Å². The van der Waals surface area contributed by atoms with Crippen LogP contribution in [0.3, 0.4) is 0 Å². The first-order valence-electron chi connectivity index (χ1n) is 7.45. The molecule has 2 atom stereocenters. The van der Waals surface area contributed by atoms with Crippen molar-refractivity contribution >= 4 is 55.7 Å². The highest BCUT2D eigenvalue weighted by atomic mass is 127. The van der Waals surface area contributed by atoms with E-state index in [-0.39, 0.29) is 36.3 Å². The van der Waals surface area contributed by atoms with Crippen molar-refractivity contribution in [2.75, 3.05) is 18.8 Å². The Morgan fingerprint density at radius 1 is 1.35 bits per heavy atom. The average molecular weight is 516 g/mol. The number of hydrogen-bond acceptors (Lipinski definition) is 3. The van der Waals surface area contributed by atoms with Gasteiger partial charge in [0.05, 0.1) is 17.2 Å². The van der Waals surface area contributed by atoms with Gasteiger partial charge in [-0.1, -0.05) is 22.9 Å².